The van der Waals surface area contributed by atoms with Crippen LogP contribution in [0.15, 0.2) is 10.7 Å². The summed E-state index contributed by atoms with van der Waals surface area (Å²) in [5, 5.41) is 0.392. The summed E-state index contributed by atoms with van der Waals surface area (Å²) in [5.41, 5.74) is 0.367. The van der Waals surface area contributed by atoms with Gasteiger partial charge in [0, 0.05) is 8.90 Å². The first-order chi connectivity index (χ1) is 6.06. The van der Waals surface area contributed by atoms with E-state index in [1.54, 1.807) is 6.07 Å². The number of rotatable bonds is 2. The molecule has 13 heavy (non-hydrogen) atoms. The van der Waals surface area contributed by atoms with Crippen LogP contribution in [0, 0.1) is 3.57 Å². The van der Waals surface area contributed by atoms with Crippen molar-refractivity contribution in [2.24, 2.45) is 0 Å². The Morgan fingerprint density at radius 2 is 2.15 bits per heavy atom. The zero-order valence-corrected chi connectivity index (χ0v) is 11.5. The summed E-state index contributed by atoms with van der Waals surface area (Å²) in [5.74, 6) is 0. The summed E-state index contributed by atoms with van der Waals surface area (Å²) < 4.78 is 26.1. The Morgan fingerprint density at radius 1 is 1.54 bits per heavy atom. The van der Waals surface area contributed by atoms with Crippen LogP contribution in [-0.2, 0) is 5.33 Å². The van der Waals surface area contributed by atoms with Crippen molar-refractivity contribution in [3.8, 4) is 0 Å². The van der Waals surface area contributed by atoms with Gasteiger partial charge in [0.1, 0.15) is 10.3 Å². The normalized spacial score (nSPS) is 10.9. The van der Waals surface area contributed by atoms with Gasteiger partial charge in [-0.3, -0.25) is 0 Å². The van der Waals surface area contributed by atoms with E-state index in [0.717, 1.165) is 3.57 Å². The molecule has 0 radical (unpaired) electrons. The number of hydrogen-bond donors (Lipinski definition) is 0. The molecule has 1 heterocycles. The molecule has 0 saturated heterocycles. The molecule has 0 aliphatic rings. The number of hydrogen-bond acceptors (Lipinski definition) is 1. The van der Waals surface area contributed by atoms with E-state index in [-0.39, 0.29) is 5.69 Å². The monoisotopic (exact) mass is 425 g/mol. The van der Waals surface area contributed by atoms with Crippen molar-refractivity contribution >= 4 is 54.5 Å². The highest BCUT2D eigenvalue weighted by Gasteiger charge is 2.16. The van der Waals surface area contributed by atoms with Crippen LogP contribution in [-0.4, -0.2) is 4.98 Å². The summed E-state index contributed by atoms with van der Waals surface area (Å²) in [4.78, 5) is 3.77. The SMILES string of the molecule is FC(F)c1nc(Br)c(I)cc1CBr. The summed E-state index contributed by atoms with van der Waals surface area (Å²) >= 11 is 8.29. The van der Waals surface area contributed by atoms with Crippen molar-refractivity contribution in [3.05, 3.63) is 25.5 Å². The third-order valence-electron chi connectivity index (χ3n) is 1.40. The third kappa shape index (κ3) is 2.82. The highest BCUT2D eigenvalue weighted by molar-refractivity contribution is 14.1. The molecule has 1 aromatic rings. The molecule has 0 aromatic carbocycles. The summed E-state index contributed by atoms with van der Waals surface area (Å²) in [6.07, 6.45) is -2.53. The van der Waals surface area contributed by atoms with Gasteiger partial charge >= 0.3 is 0 Å². The Kier molecular flexibility index (Phi) is 4.50. The molecule has 0 N–H and O–H groups in total. The molecule has 0 amide bonds. The Bertz CT molecular complexity index is 320. The van der Waals surface area contributed by atoms with Crippen molar-refractivity contribution in [2.45, 2.75) is 11.8 Å². The lowest BCUT2D eigenvalue weighted by Crippen LogP contribution is -1.98. The van der Waals surface area contributed by atoms with Crippen molar-refractivity contribution in [2.75, 3.05) is 0 Å². The lowest BCUT2D eigenvalue weighted by Gasteiger charge is -2.06. The average molecular weight is 427 g/mol. The zero-order valence-electron chi connectivity index (χ0n) is 6.20. The van der Waals surface area contributed by atoms with Crippen molar-refractivity contribution in [1.29, 1.82) is 0 Å². The molecule has 6 heteroatoms. The van der Waals surface area contributed by atoms with Gasteiger partial charge in [-0.2, -0.15) is 0 Å². The first kappa shape index (κ1) is 11.8. The minimum Gasteiger partial charge on any atom is -0.238 e. The molecule has 0 fully saturated rings. The minimum absolute atomic E-state index is 0.163. The first-order valence-electron chi connectivity index (χ1n) is 3.25. The lowest BCUT2D eigenvalue weighted by atomic mass is 10.2. The highest BCUT2D eigenvalue weighted by atomic mass is 127. The zero-order chi connectivity index (χ0) is 10.0. The van der Waals surface area contributed by atoms with Crippen molar-refractivity contribution < 1.29 is 8.78 Å². The number of aromatic nitrogens is 1. The van der Waals surface area contributed by atoms with E-state index in [9.17, 15) is 8.78 Å². The predicted octanol–water partition coefficient (Wildman–Crippen LogP) is 4.28. The maximum Gasteiger partial charge on any atom is 0.280 e. The summed E-state index contributed by atoms with van der Waals surface area (Å²) in [7, 11) is 0. The molecule has 0 aliphatic carbocycles. The van der Waals surface area contributed by atoms with Gasteiger partial charge in [0.2, 0.25) is 0 Å². The van der Waals surface area contributed by atoms with Crippen LogP contribution in [0.25, 0.3) is 0 Å². The Morgan fingerprint density at radius 3 is 2.62 bits per heavy atom. The molecule has 72 valence electrons. The lowest BCUT2D eigenvalue weighted by molar-refractivity contribution is 0.145. The van der Waals surface area contributed by atoms with Gasteiger partial charge < -0.3 is 0 Å². The predicted molar refractivity (Wildman–Crippen MR) is 62.2 cm³/mol. The van der Waals surface area contributed by atoms with Gasteiger partial charge in [0.05, 0.1) is 0 Å². The molecule has 1 aromatic heterocycles. The third-order valence-corrected chi connectivity index (χ3v) is 4.17. The minimum atomic E-state index is -2.53. The average Bonchev–Trinajstić information content (AvgIpc) is 2.08. The van der Waals surface area contributed by atoms with Crippen LogP contribution < -0.4 is 0 Å². The number of nitrogens with zero attached hydrogens (tertiary/aromatic N) is 1. The Balaban J connectivity index is 3.25. The van der Waals surface area contributed by atoms with E-state index in [0.29, 0.717) is 15.5 Å². The fourth-order valence-electron chi connectivity index (χ4n) is 0.813. The summed E-state index contributed by atoms with van der Waals surface area (Å²) in [6, 6.07) is 1.69. The number of alkyl halides is 3. The topological polar surface area (TPSA) is 12.9 Å². The maximum absolute atomic E-state index is 12.4. The van der Waals surface area contributed by atoms with Gasteiger partial charge in [-0.25, -0.2) is 13.8 Å². The Hall–Kier alpha value is 0.700. The van der Waals surface area contributed by atoms with Crippen LogP contribution in [0.5, 0.6) is 0 Å². The number of pyridine rings is 1. The molecule has 0 unspecified atom stereocenters. The maximum atomic E-state index is 12.4. The van der Waals surface area contributed by atoms with E-state index in [4.69, 9.17) is 0 Å². The van der Waals surface area contributed by atoms with Crippen LogP contribution in [0.1, 0.15) is 17.7 Å². The first-order valence-corrected chi connectivity index (χ1v) is 6.24. The van der Waals surface area contributed by atoms with E-state index in [1.165, 1.54) is 0 Å². The van der Waals surface area contributed by atoms with Crippen LogP contribution >= 0.6 is 54.5 Å². The van der Waals surface area contributed by atoms with Gasteiger partial charge in [-0.05, 0) is 50.2 Å². The quantitative estimate of drug-likeness (QED) is 0.391. The molecule has 1 rings (SSSR count). The number of halogens is 5. The molecule has 0 aliphatic heterocycles. The highest BCUT2D eigenvalue weighted by Crippen LogP contribution is 2.27. The molecular weight excluding hydrogens is 423 g/mol. The van der Waals surface area contributed by atoms with E-state index in [2.05, 4.69) is 36.8 Å². The smallest absolute Gasteiger partial charge is 0.238 e. The van der Waals surface area contributed by atoms with Crippen LogP contribution in [0.4, 0.5) is 8.78 Å². The van der Waals surface area contributed by atoms with E-state index in [1.807, 2.05) is 22.6 Å². The van der Waals surface area contributed by atoms with Gasteiger partial charge in [-0.15, -0.1) is 0 Å². The van der Waals surface area contributed by atoms with Crippen LogP contribution in [0.2, 0.25) is 0 Å². The van der Waals surface area contributed by atoms with Gasteiger partial charge in [0.15, 0.2) is 0 Å². The molecule has 0 atom stereocenters. The second kappa shape index (κ2) is 4.97. The molecule has 0 saturated carbocycles. The van der Waals surface area contributed by atoms with E-state index < -0.39 is 6.43 Å². The standard InChI is InChI=1S/C7H4Br2F2IN/c8-2-3-1-4(12)6(9)13-5(3)7(10)11/h1,7H,2H2. The molecular formula is C7H4Br2F2IN. The molecule has 0 spiro atoms. The largest absolute Gasteiger partial charge is 0.280 e. The van der Waals surface area contributed by atoms with Crippen molar-refractivity contribution in [3.63, 3.8) is 0 Å². The Labute approximate surface area is 105 Å². The molecule has 1 nitrogen and oxygen atoms in total. The fraction of sp³-hybridized carbons (Fsp3) is 0.286. The second-order valence-electron chi connectivity index (χ2n) is 2.24. The van der Waals surface area contributed by atoms with Crippen molar-refractivity contribution in [1.82, 2.24) is 4.98 Å². The van der Waals surface area contributed by atoms with Crippen LogP contribution in [0.3, 0.4) is 0 Å². The molecule has 0 bridgehead atoms. The fourth-order valence-corrected chi connectivity index (χ4v) is 2.06. The summed E-state index contributed by atoms with van der Waals surface area (Å²) in [6.45, 7) is 0. The van der Waals surface area contributed by atoms with E-state index >= 15 is 0 Å². The van der Waals surface area contributed by atoms with Gasteiger partial charge in [0.25, 0.3) is 6.43 Å². The second-order valence-corrected chi connectivity index (χ2v) is 4.71. The van der Waals surface area contributed by atoms with Gasteiger partial charge in [-0.1, -0.05) is 15.9 Å².